The Labute approximate surface area is 210 Å². The molecule has 3 aliphatic rings. The van der Waals surface area contributed by atoms with E-state index in [1.54, 1.807) is 0 Å². The normalized spacial score (nSPS) is 22.3. The van der Waals surface area contributed by atoms with E-state index in [9.17, 15) is 0 Å². The first-order valence-corrected chi connectivity index (χ1v) is 13.1. The molecule has 0 saturated carbocycles. The number of nitrogens with zero attached hydrogens (tertiary/aromatic N) is 7. The van der Waals surface area contributed by atoms with E-state index in [4.69, 9.17) is 24.4 Å². The van der Waals surface area contributed by atoms with Crippen LogP contribution in [0.1, 0.15) is 44.7 Å². The lowest BCUT2D eigenvalue weighted by molar-refractivity contribution is -0.0383. The summed E-state index contributed by atoms with van der Waals surface area (Å²) in [5.41, 5.74) is 4.96. The van der Waals surface area contributed by atoms with Gasteiger partial charge in [-0.1, -0.05) is 0 Å². The maximum atomic E-state index is 6.08. The van der Waals surface area contributed by atoms with Crippen LogP contribution in [0.2, 0.25) is 0 Å². The van der Waals surface area contributed by atoms with Crippen LogP contribution in [0.15, 0.2) is 36.8 Å². The summed E-state index contributed by atoms with van der Waals surface area (Å²) in [5.74, 6) is 2.12. The molecular formula is C27H31N7O2. The molecule has 7 rings (SSSR count). The second kappa shape index (κ2) is 8.97. The van der Waals surface area contributed by atoms with Crippen LogP contribution in [-0.4, -0.2) is 61.7 Å². The average Bonchev–Trinajstić information content (AvgIpc) is 3.66. The minimum Gasteiger partial charge on any atom is -0.377 e. The summed E-state index contributed by atoms with van der Waals surface area (Å²) in [6.07, 6.45) is 11.0. The number of aromatic nitrogens is 6. The highest BCUT2D eigenvalue weighted by Gasteiger charge is 2.27. The van der Waals surface area contributed by atoms with Crippen LogP contribution in [0.4, 0.5) is 5.82 Å². The molecule has 0 amide bonds. The van der Waals surface area contributed by atoms with E-state index in [1.807, 2.05) is 29.3 Å². The lowest BCUT2D eigenvalue weighted by Crippen LogP contribution is -2.44. The van der Waals surface area contributed by atoms with Crippen molar-refractivity contribution >= 4 is 16.7 Å². The molecule has 0 N–H and O–H groups in total. The van der Waals surface area contributed by atoms with Crippen LogP contribution >= 0.6 is 0 Å². The number of aryl methyl sites for hydroxylation is 1. The number of pyridine rings is 2. The first kappa shape index (κ1) is 21.9. The van der Waals surface area contributed by atoms with Crippen molar-refractivity contribution in [1.29, 1.82) is 0 Å². The van der Waals surface area contributed by atoms with E-state index < -0.39 is 0 Å². The Bertz CT molecular complexity index is 1400. The lowest BCUT2D eigenvalue weighted by atomic mass is 10.0. The van der Waals surface area contributed by atoms with Crippen molar-refractivity contribution in [3.63, 3.8) is 0 Å². The Morgan fingerprint density at radius 2 is 1.97 bits per heavy atom. The molecule has 0 radical (unpaired) electrons. The number of rotatable bonds is 4. The fourth-order valence-electron chi connectivity index (χ4n) is 5.87. The zero-order valence-corrected chi connectivity index (χ0v) is 20.6. The maximum absolute atomic E-state index is 6.08. The van der Waals surface area contributed by atoms with E-state index in [-0.39, 0.29) is 12.3 Å². The molecule has 9 nitrogen and oxygen atoms in total. The van der Waals surface area contributed by atoms with Gasteiger partial charge in [0.05, 0.1) is 36.8 Å². The summed E-state index contributed by atoms with van der Waals surface area (Å²) in [6.45, 7) is 6.17. The van der Waals surface area contributed by atoms with Gasteiger partial charge in [0, 0.05) is 49.5 Å². The van der Waals surface area contributed by atoms with Crippen molar-refractivity contribution in [2.24, 2.45) is 0 Å². The highest BCUT2D eigenvalue weighted by molar-refractivity contribution is 6.01. The standard InChI is InChI=1S/C27H31N7O2/c1-18-17-35-14-12-32(18)24-15-20(22-16-29-23-5-4-11-33(22)23)19-7-9-28-27(26(19)31-24)21-8-10-30-34(21)25-6-2-3-13-36-25/h7-10,15-16,18,25H,2-6,11-14,17H2,1H3/t18-,25?/m1/s1. The second-order valence-electron chi connectivity index (χ2n) is 10.00. The largest absolute Gasteiger partial charge is 0.377 e. The van der Waals surface area contributed by atoms with Gasteiger partial charge in [0.1, 0.15) is 22.9 Å². The van der Waals surface area contributed by atoms with Crippen LogP contribution < -0.4 is 4.90 Å². The number of imidazole rings is 1. The van der Waals surface area contributed by atoms with Gasteiger partial charge in [-0.05, 0) is 50.8 Å². The Hall–Kier alpha value is -3.30. The molecule has 2 saturated heterocycles. The topological polar surface area (TPSA) is 83.1 Å². The van der Waals surface area contributed by atoms with Crippen molar-refractivity contribution in [3.05, 3.63) is 42.6 Å². The van der Waals surface area contributed by atoms with Gasteiger partial charge in [0.2, 0.25) is 0 Å². The molecule has 0 aliphatic carbocycles. The van der Waals surface area contributed by atoms with Crippen LogP contribution in [0.3, 0.4) is 0 Å². The van der Waals surface area contributed by atoms with Crippen molar-refractivity contribution in [3.8, 4) is 22.6 Å². The van der Waals surface area contributed by atoms with Crippen LogP contribution in [-0.2, 0) is 22.4 Å². The smallest absolute Gasteiger partial charge is 0.150 e. The molecule has 0 aromatic carbocycles. The Morgan fingerprint density at radius 3 is 2.86 bits per heavy atom. The summed E-state index contributed by atoms with van der Waals surface area (Å²) in [6, 6.07) is 6.59. The highest BCUT2D eigenvalue weighted by Crippen LogP contribution is 2.38. The van der Waals surface area contributed by atoms with E-state index in [0.717, 1.165) is 97.0 Å². The predicted octanol–water partition coefficient (Wildman–Crippen LogP) is 4.23. The summed E-state index contributed by atoms with van der Waals surface area (Å²) in [5, 5.41) is 5.73. The van der Waals surface area contributed by atoms with E-state index in [0.29, 0.717) is 13.2 Å². The molecule has 4 aromatic heterocycles. The third-order valence-corrected chi connectivity index (χ3v) is 7.71. The van der Waals surface area contributed by atoms with Crippen LogP contribution in [0.5, 0.6) is 0 Å². The molecule has 3 aliphatic heterocycles. The van der Waals surface area contributed by atoms with E-state index in [1.165, 1.54) is 0 Å². The van der Waals surface area contributed by atoms with Crippen LogP contribution in [0.25, 0.3) is 33.5 Å². The first-order chi connectivity index (χ1) is 17.8. The van der Waals surface area contributed by atoms with Crippen LogP contribution in [0, 0.1) is 0 Å². The average molecular weight is 486 g/mol. The van der Waals surface area contributed by atoms with Gasteiger partial charge in [0.25, 0.3) is 0 Å². The maximum Gasteiger partial charge on any atom is 0.150 e. The summed E-state index contributed by atoms with van der Waals surface area (Å²) >= 11 is 0. The van der Waals surface area contributed by atoms with Gasteiger partial charge in [-0.15, -0.1) is 0 Å². The fraction of sp³-hybridized carbons (Fsp3) is 0.481. The van der Waals surface area contributed by atoms with E-state index >= 15 is 0 Å². The lowest BCUT2D eigenvalue weighted by Gasteiger charge is -2.34. The summed E-state index contributed by atoms with van der Waals surface area (Å²) < 4.78 is 16.2. The van der Waals surface area contributed by atoms with Gasteiger partial charge in [-0.3, -0.25) is 4.98 Å². The molecule has 36 heavy (non-hydrogen) atoms. The Morgan fingerprint density at radius 1 is 1.00 bits per heavy atom. The van der Waals surface area contributed by atoms with Gasteiger partial charge in [0.15, 0.2) is 6.23 Å². The number of morpholine rings is 1. The number of fused-ring (bicyclic) bond motifs is 2. The molecule has 1 unspecified atom stereocenters. The molecular weight excluding hydrogens is 454 g/mol. The third kappa shape index (κ3) is 3.60. The first-order valence-electron chi connectivity index (χ1n) is 13.1. The number of ether oxygens (including phenoxy) is 2. The van der Waals surface area contributed by atoms with Crippen molar-refractivity contribution in [2.45, 2.75) is 57.8 Å². The van der Waals surface area contributed by atoms with Crippen molar-refractivity contribution in [2.75, 3.05) is 31.3 Å². The SMILES string of the molecule is C[C@@H]1COCCN1c1cc(-c2cnc3n2CCC3)c2ccnc(-c3ccnn3C3CCCCO3)c2n1. The van der Waals surface area contributed by atoms with Gasteiger partial charge in [-0.2, -0.15) is 5.10 Å². The van der Waals surface area contributed by atoms with E-state index in [2.05, 4.69) is 33.6 Å². The molecule has 186 valence electrons. The van der Waals surface area contributed by atoms with Gasteiger partial charge >= 0.3 is 0 Å². The molecule has 9 heteroatoms. The molecule has 2 atom stereocenters. The monoisotopic (exact) mass is 485 g/mol. The quantitative estimate of drug-likeness (QED) is 0.428. The van der Waals surface area contributed by atoms with Crippen molar-refractivity contribution < 1.29 is 9.47 Å². The summed E-state index contributed by atoms with van der Waals surface area (Å²) in [7, 11) is 0. The zero-order valence-electron chi connectivity index (χ0n) is 20.6. The Balaban J connectivity index is 1.44. The minimum atomic E-state index is -0.0687. The minimum absolute atomic E-state index is 0.0687. The van der Waals surface area contributed by atoms with Gasteiger partial charge < -0.3 is 18.9 Å². The highest BCUT2D eigenvalue weighted by atomic mass is 16.5. The van der Waals surface area contributed by atoms with Crippen molar-refractivity contribution in [1.82, 2.24) is 29.3 Å². The Kier molecular flexibility index (Phi) is 5.47. The number of anilines is 1. The number of hydrogen-bond donors (Lipinski definition) is 0. The molecule has 2 fully saturated rings. The van der Waals surface area contributed by atoms with Gasteiger partial charge in [-0.25, -0.2) is 14.6 Å². The summed E-state index contributed by atoms with van der Waals surface area (Å²) in [4.78, 5) is 17.2. The molecule has 7 heterocycles. The predicted molar refractivity (Wildman–Crippen MR) is 137 cm³/mol. The molecule has 0 bridgehead atoms. The second-order valence-corrected chi connectivity index (χ2v) is 10.00. The molecule has 0 spiro atoms. The fourth-order valence-corrected chi connectivity index (χ4v) is 5.87. The zero-order chi connectivity index (χ0) is 24.1. The number of hydrogen-bond acceptors (Lipinski definition) is 7. The molecule has 4 aromatic rings. The third-order valence-electron chi connectivity index (χ3n) is 7.71.